The summed E-state index contributed by atoms with van der Waals surface area (Å²) in [6.45, 7) is 0.0461. The van der Waals surface area contributed by atoms with Crippen molar-refractivity contribution in [3.8, 4) is 5.75 Å². The van der Waals surface area contributed by atoms with E-state index in [-0.39, 0.29) is 30.8 Å². The first-order valence-electron chi connectivity index (χ1n) is 9.68. The zero-order valence-corrected chi connectivity index (χ0v) is 16.2. The van der Waals surface area contributed by atoms with Gasteiger partial charge in [-0.2, -0.15) is 5.10 Å². The smallest absolute Gasteiger partial charge is 0.255 e. The molecule has 3 aromatic rings. The second-order valence-corrected chi connectivity index (χ2v) is 7.17. The van der Waals surface area contributed by atoms with Gasteiger partial charge in [0.2, 0.25) is 5.91 Å². The van der Waals surface area contributed by atoms with Crippen LogP contribution in [0.1, 0.15) is 40.9 Å². The van der Waals surface area contributed by atoms with Gasteiger partial charge in [-0.3, -0.25) is 14.7 Å². The van der Waals surface area contributed by atoms with Crippen molar-refractivity contribution in [2.45, 2.75) is 25.3 Å². The minimum atomic E-state index is -0.491. The summed E-state index contributed by atoms with van der Waals surface area (Å²) in [4.78, 5) is 23.9. The molecular weight excluding hydrogens is 387 g/mol. The number of ether oxygens (including phenoxy) is 1. The number of rotatable bonds is 8. The Balaban J connectivity index is 1.71. The highest BCUT2D eigenvalue weighted by Gasteiger charge is 2.26. The molecule has 2 aromatic carbocycles. The third kappa shape index (κ3) is 4.48. The molecule has 4 rings (SSSR count). The molecule has 1 aliphatic carbocycles. The number of halogens is 1. The molecular formula is C22H21FN4O3. The van der Waals surface area contributed by atoms with Crippen LogP contribution in [0.2, 0.25) is 0 Å². The number of aromatic amines is 1. The van der Waals surface area contributed by atoms with E-state index in [4.69, 9.17) is 10.5 Å². The number of nitrogens with zero attached hydrogens (tertiary/aromatic N) is 1. The summed E-state index contributed by atoms with van der Waals surface area (Å²) in [5.74, 6) is -0.687. The Bertz CT molecular complexity index is 1120. The molecule has 2 amide bonds. The van der Waals surface area contributed by atoms with Crippen molar-refractivity contribution >= 4 is 34.9 Å². The van der Waals surface area contributed by atoms with Gasteiger partial charge in [-0.15, -0.1) is 0 Å². The van der Waals surface area contributed by atoms with Crippen molar-refractivity contribution in [2.75, 3.05) is 6.61 Å². The standard InChI is InChI=1S/C22H21FN4O3/c23-14-4-1-13(2-5-14)3-9-17-20-18(27-26-17)10-8-16(22(29)25-15-6-7-15)21(20)30-12-11-19(24)28/h1-5,8-10,15H,6-7,11-12H2,(H2,24,28)(H,25,29)(H,26,27). The molecule has 0 atom stereocenters. The van der Waals surface area contributed by atoms with E-state index >= 15 is 0 Å². The third-order valence-electron chi connectivity index (χ3n) is 4.77. The molecule has 0 spiro atoms. The van der Waals surface area contributed by atoms with Gasteiger partial charge in [0.25, 0.3) is 5.91 Å². The lowest BCUT2D eigenvalue weighted by molar-refractivity contribution is -0.118. The lowest BCUT2D eigenvalue weighted by Crippen LogP contribution is -2.26. The summed E-state index contributed by atoms with van der Waals surface area (Å²) in [7, 11) is 0. The van der Waals surface area contributed by atoms with Crippen LogP contribution < -0.4 is 15.8 Å². The number of hydrogen-bond acceptors (Lipinski definition) is 4. The molecule has 0 bridgehead atoms. The number of nitrogens with two attached hydrogens (primary N) is 1. The molecule has 1 fully saturated rings. The minimum absolute atomic E-state index is 0.0265. The van der Waals surface area contributed by atoms with Gasteiger partial charge in [-0.05, 0) is 48.7 Å². The Morgan fingerprint density at radius 2 is 1.97 bits per heavy atom. The van der Waals surface area contributed by atoms with Gasteiger partial charge in [-0.25, -0.2) is 4.39 Å². The average Bonchev–Trinajstić information content (AvgIpc) is 3.44. The van der Waals surface area contributed by atoms with Gasteiger partial charge in [0, 0.05) is 6.04 Å². The number of carbonyl (C=O) groups excluding carboxylic acids is 2. The van der Waals surface area contributed by atoms with E-state index in [1.54, 1.807) is 36.4 Å². The molecule has 1 heterocycles. The molecule has 0 radical (unpaired) electrons. The monoisotopic (exact) mass is 408 g/mol. The summed E-state index contributed by atoms with van der Waals surface area (Å²) in [6.07, 6.45) is 5.54. The summed E-state index contributed by atoms with van der Waals surface area (Å²) >= 11 is 0. The van der Waals surface area contributed by atoms with Crippen molar-refractivity contribution in [2.24, 2.45) is 5.73 Å². The van der Waals surface area contributed by atoms with Gasteiger partial charge in [0.1, 0.15) is 11.6 Å². The molecule has 154 valence electrons. The van der Waals surface area contributed by atoms with E-state index < -0.39 is 5.91 Å². The normalized spacial score (nSPS) is 13.6. The van der Waals surface area contributed by atoms with E-state index in [1.807, 2.05) is 0 Å². The van der Waals surface area contributed by atoms with Crippen LogP contribution in [-0.2, 0) is 4.79 Å². The maximum atomic E-state index is 13.1. The van der Waals surface area contributed by atoms with Crippen LogP contribution in [0.15, 0.2) is 36.4 Å². The molecule has 7 nitrogen and oxygen atoms in total. The maximum Gasteiger partial charge on any atom is 0.255 e. The first-order chi connectivity index (χ1) is 14.5. The van der Waals surface area contributed by atoms with Crippen LogP contribution in [-0.4, -0.2) is 34.7 Å². The van der Waals surface area contributed by atoms with Crippen LogP contribution in [0, 0.1) is 5.82 Å². The molecule has 0 unspecified atom stereocenters. The van der Waals surface area contributed by atoms with Crippen LogP contribution in [0.5, 0.6) is 5.75 Å². The van der Waals surface area contributed by atoms with Crippen LogP contribution in [0.3, 0.4) is 0 Å². The lowest BCUT2D eigenvalue weighted by atomic mass is 10.1. The van der Waals surface area contributed by atoms with Gasteiger partial charge in [-0.1, -0.05) is 18.2 Å². The number of benzene rings is 2. The Kier molecular flexibility index (Phi) is 5.47. The molecule has 8 heteroatoms. The highest BCUT2D eigenvalue weighted by molar-refractivity contribution is 6.05. The number of fused-ring (bicyclic) bond motifs is 1. The minimum Gasteiger partial charge on any atom is -0.491 e. The maximum absolute atomic E-state index is 13.1. The van der Waals surface area contributed by atoms with Crippen molar-refractivity contribution < 1.29 is 18.7 Å². The molecule has 4 N–H and O–H groups in total. The molecule has 1 saturated carbocycles. The fourth-order valence-electron chi connectivity index (χ4n) is 3.05. The summed E-state index contributed by atoms with van der Waals surface area (Å²) in [6, 6.07) is 9.66. The Hall–Kier alpha value is -3.68. The van der Waals surface area contributed by atoms with Gasteiger partial charge in [0.15, 0.2) is 0 Å². The zero-order chi connectivity index (χ0) is 21.1. The third-order valence-corrected chi connectivity index (χ3v) is 4.77. The SMILES string of the molecule is NC(=O)CCOc1c(C(=O)NC2CC2)ccc2n[nH]c(C=Cc3ccc(F)cc3)c12. The zero-order valence-electron chi connectivity index (χ0n) is 16.2. The van der Waals surface area contributed by atoms with Crippen LogP contribution in [0.4, 0.5) is 4.39 Å². The van der Waals surface area contributed by atoms with E-state index in [0.717, 1.165) is 18.4 Å². The summed E-state index contributed by atoms with van der Waals surface area (Å²) in [5.41, 5.74) is 7.64. The quantitative estimate of drug-likeness (QED) is 0.532. The van der Waals surface area contributed by atoms with Gasteiger partial charge < -0.3 is 15.8 Å². The Labute approximate surface area is 172 Å². The number of hydrogen-bond donors (Lipinski definition) is 3. The predicted molar refractivity (Wildman–Crippen MR) is 111 cm³/mol. The number of carbonyl (C=O) groups is 2. The molecule has 30 heavy (non-hydrogen) atoms. The van der Waals surface area contributed by atoms with E-state index in [2.05, 4.69) is 15.5 Å². The van der Waals surface area contributed by atoms with Gasteiger partial charge in [0.05, 0.1) is 35.2 Å². The number of amides is 2. The molecule has 1 aromatic heterocycles. The van der Waals surface area contributed by atoms with E-state index in [1.165, 1.54) is 12.1 Å². The van der Waals surface area contributed by atoms with Crippen molar-refractivity contribution in [3.63, 3.8) is 0 Å². The second-order valence-electron chi connectivity index (χ2n) is 7.17. The van der Waals surface area contributed by atoms with Crippen molar-refractivity contribution in [3.05, 3.63) is 59.0 Å². The van der Waals surface area contributed by atoms with Crippen molar-refractivity contribution in [1.82, 2.24) is 15.5 Å². The highest BCUT2D eigenvalue weighted by atomic mass is 19.1. The number of primary amides is 1. The number of H-pyrrole nitrogens is 1. The second kappa shape index (κ2) is 8.36. The lowest BCUT2D eigenvalue weighted by Gasteiger charge is -2.13. The van der Waals surface area contributed by atoms with E-state index in [0.29, 0.717) is 27.9 Å². The fraction of sp³-hybridized carbons (Fsp3) is 0.227. The fourth-order valence-corrected chi connectivity index (χ4v) is 3.05. The van der Waals surface area contributed by atoms with Crippen molar-refractivity contribution in [1.29, 1.82) is 0 Å². The molecule has 1 aliphatic rings. The number of nitrogens with one attached hydrogen (secondary N) is 2. The van der Waals surface area contributed by atoms with Gasteiger partial charge >= 0.3 is 0 Å². The predicted octanol–water partition coefficient (Wildman–Crippen LogP) is 3.02. The summed E-state index contributed by atoms with van der Waals surface area (Å²) in [5, 5.41) is 10.8. The van der Waals surface area contributed by atoms with Crippen LogP contribution >= 0.6 is 0 Å². The highest BCUT2D eigenvalue weighted by Crippen LogP contribution is 2.33. The Morgan fingerprint density at radius 1 is 1.20 bits per heavy atom. The molecule has 0 saturated heterocycles. The summed E-state index contributed by atoms with van der Waals surface area (Å²) < 4.78 is 19.0. The largest absolute Gasteiger partial charge is 0.491 e. The first kappa shape index (κ1) is 19.6. The Morgan fingerprint density at radius 3 is 2.67 bits per heavy atom. The first-order valence-corrected chi connectivity index (χ1v) is 9.68. The molecule has 0 aliphatic heterocycles. The topological polar surface area (TPSA) is 110 Å². The van der Waals surface area contributed by atoms with Crippen LogP contribution in [0.25, 0.3) is 23.1 Å². The average molecular weight is 408 g/mol. The number of aromatic nitrogens is 2. The van der Waals surface area contributed by atoms with E-state index in [9.17, 15) is 14.0 Å².